The number of halogens is 4. The van der Waals surface area contributed by atoms with Gasteiger partial charge in [0.1, 0.15) is 18.1 Å². The van der Waals surface area contributed by atoms with Crippen molar-refractivity contribution in [3.05, 3.63) is 22.2 Å². The van der Waals surface area contributed by atoms with Crippen LogP contribution in [0.3, 0.4) is 0 Å². The molecule has 0 aromatic carbocycles. The predicted molar refractivity (Wildman–Crippen MR) is 61.7 cm³/mol. The van der Waals surface area contributed by atoms with Crippen molar-refractivity contribution in [3.63, 3.8) is 0 Å². The van der Waals surface area contributed by atoms with Crippen LogP contribution in [0.5, 0.6) is 0 Å². The molecule has 3 unspecified atom stereocenters. The smallest absolute Gasteiger partial charge is 0.351 e. The van der Waals surface area contributed by atoms with Crippen molar-refractivity contribution in [3.8, 4) is 12.1 Å². The van der Waals surface area contributed by atoms with E-state index in [1.807, 2.05) is 5.92 Å². The Labute approximate surface area is 115 Å². The first-order valence-corrected chi connectivity index (χ1v) is 5.61. The fourth-order valence-corrected chi connectivity index (χ4v) is 1.88. The summed E-state index contributed by atoms with van der Waals surface area (Å²) in [6.45, 7) is -1.14. The highest BCUT2D eigenvalue weighted by molar-refractivity contribution is 5.48. The van der Waals surface area contributed by atoms with Crippen LogP contribution in [0.2, 0.25) is 0 Å². The van der Waals surface area contributed by atoms with Crippen molar-refractivity contribution in [2.24, 2.45) is 0 Å². The Hall–Kier alpha value is -2.12. The maximum atomic E-state index is 13.8. The molecule has 1 aliphatic rings. The van der Waals surface area contributed by atoms with Crippen LogP contribution in [0.4, 0.5) is 23.4 Å². The van der Waals surface area contributed by atoms with E-state index >= 15 is 0 Å². The second-order valence-electron chi connectivity index (χ2n) is 4.22. The highest BCUT2D eigenvalue weighted by Crippen LogP contribution is 2.42. The van der Waals surface area contributed by atoms with Gasteiger partial charge in [-0.15, -0.1) is 4.39 Å². The quantitative estimate of drug-likeness (QED) is 0.591. The first-order valence-electron chi connectivity index (χ1n) is 5.61. The second-order valence-corrected chi connectivity index (χ2v) is 4.22. The topological polar surface area (TPSA) is 90.4 Å². The molecule has 6 nitrogen and oxygen atoms in total. The number of hydrogen-bond donors (Lipinski definition) is 2. The predicted octanol–water partition coefficient (Wildman–Crippen LogP) is -0.0329. The number of alkyl halides is 3. The van der Waals surface area contributed by atoms with E-state index in [9.17, 15) is 22.4 Å². The van der Waals surface area contributed by atoms with Gasteiger partial charge < -0.3 is 15.6 Å². The molecule has 0 aliphatic carbocycles. The average Bonchev–Trinajstić information content (AvgIpc) is 2.64. The van der Waals surface area contributed by atoms with Gasteiger partial charge in [-0.2, -0.15) is 4.98 Å². The lowest BCUT2D eigenvalue weighted by molar-refractivity contribution is -0.111. The monoisotopic (exact) mass is 307 g/mol. The van der Waals surface area contributed by atoms with E-state index < -0.39 is 42.5 Å². The molecule has 3 N–H and O–H groups in total. The molecule has 1 aromatic rings. The Kier molecular flexibility index (Phi) is 3.89. The molecule has 114 valence electrons. The van der Waals surface area contributed by atoms with Gasteiger partial charge in [0, 0.05) is 6.20 Å². The first kappa shape index (κ1) is 15.3. The maximum Gasteiger partial charge on any atom is 0.351 e. The fraction of sp³-hybridized carbons (Fsp3) is 0.455. The molecule has 1 saturated heterocycles. The van der Waals surface area contributed by atoms with Crippen molar-refractivity contribution in [1.82, 2.24) is 9.55 Å². The number of nitrogen functional groups attached to an aromatic ring is 1. The van der Waals surface area contributed by atoms with E-state index in [2.05, 4.69) is 9.72 Å². The summed E-state index contributed by atoms with van der Waals surface area (Å²) in [5.41, 5.74) is 3.84. The Bertz CT molecular complexity index is 667. The number of anilines is 1. The number of aromatic nitrogens is 2. The normalized spacial score (nSPS) is 27.2. The molecule has 21 heavy (non-hydrogen) atoms. The van der Waals surface area contributed by atoms with Crippen molar-refractivity contribution in [2.75, 3.05) is 12.3 Å². The van der Waals surface area contributed by atoms with E-state index in [4.69, 9.17) is 10.8 Å². The number of nitrogens with two attached hydrogens (primary N) is 1. The van der Waals surface area contributed by atoms with Crippen molar-refractivity contribution >= 4 is 5.82 Å². The molecule has 0 bridgehead atoms. The Balaban J connectivity index is 2.49. The second kappa shape index (κ2) is 5.34. The minimum atomic E-state index is -3.99. The van der Waals surface area contributed by atoms with E-state index in [0.717, 1.165) is 12.4 Å². The van der Waals surface area contributed by atoms with Crippen LogP contribution >= 0.6 is 0 Å². The Morgan fingerprint density at radius 3 is 2.76 bits per heavy atom. The third-order valence-corrected chi connectivity index (χ3v) is 2.95. The molecule has 1 aliphatic heterocycles. The largest absolute Gasteiger partial charge is 0.393 e. The molecule has 2 heterocycles. The standard InChI is InChI=1S/C11H9F4N3O3/c12-2-1-5-3-18(10(20)17-8(5)16)9-7(13)11(14,15)6(4-19)21-9/h3,6-7,9,19H,4H2,(H2,16,17,20). The summed E-state index contributed by atoms with van der Waals surface area (Å²) in [6, 6.07) is 0. The summed E-state index contributed by atoms with van der Waals surface area (Å²) in [4.78, 5) is 14.8. The van der Waals surface area contributed by atoms with Crippen molar-refractivity contribution in [1.29, 1.82) is 0 Å². The van der Waals surface area contributed by atoms with Gasteiger partial charge in [-0.05, 0) is 5.92 Å². The van der Waals surface area contributed by atoms with E-state index in [-0.39, 0.29) is 5.56 Å². The molecule has 1 aromatic heterocycles. The van der Waals surface area contributed by atoms with Crippen LogP contribution in [0.25, 0.3) is 0 Å². The highest BCUT2D eigenvalue weighted by atomic mass is 19.3. The van der Waals surface area contributed by atoms with Crippen molar-refractivity contribution in [2.45, 2.75) is 24.4 Å². The summed E-state index contributed by atoms with van der Waals surface area (Å²) < 4.78 is 57.8. The average molecular weight is 307 g/mol. The SMILES string of the molecule is Nc1nc(=O)n(C2OC(CO)C(F)(F)C2F)cc1C#CF. The van der Waals surface area contributed by atoms with Crippen LogP contribution in [-0.2, 0) is 4.74 Å². The Morgan fingerprint density at radius 1 is 1.57 bits per heavy atom. The zero-order valence-electron chi connectivity index (χ0n) is 10.3. The van der Waals surface area contributed by atoms with Gasteiger partial charge in [-0.3, -0.25) is 4.57 Å². The number of aliphatic hydroxyl groups excluding tert-OH is 1. The minimum Gasteiger partial charge on any atom is -0.393 e. The van der Waals surface area contributed by atoms with Gasteiger partial charge in [0.2, 0.25) is 6.17 Å². The maximum absolute atomic E-state index is 13.8. The zero-order chi connectivity index (χ0) is 15.8. The Morgan fingerprint density at radius 2 is 2.24 bits per heavy atom. The zero-order valence-corrected chi connectivity index (χ0v) is 10.3. The van der Waals surface area contributed by atoms with Crippen LogP contribution in [-0.4, -0.2) is 39.5 Å². The summed E-state index contributed by atoms with van der Waals surface area (Å²) in [6.07, 6.45) is -5.27. The summed E-state index contributed by atoms with van der Waals surface area (Å²) >= 11 is 0. The van der Waals surface area contributed by atoms with Gasteiger partial charge in [0.25, 0.3) is 0 Å². The molecule has 0 radical (unpaired) electrons. The lowest BCUT2D eigenvalue weighted by Gasteiger charge is -2.17. The summed E-state index contributed by atoms with van der Waals surface area (Å²) in [5, 5.41) is 8.77. The molecular formula is C11H9F4N3O3. The third-order valence-electron chi connectivity index (χ3n) is 2.95. The molecular weight excluding hydrogens is 298 g/mol. The van der Waals surface area contributed by atoms with E-state index in [1.165, 1.54) is 0 Å². The molecule has 2 rings (SSSR count). The lowest BCUT2D eigenvalue weighted by Crippen LogP contribution is -2.39. The number of hydrogen-bond acceptors (Lipinski definition) is 5. The number of ether oxygens (including phenoxy) is 1. The van der Waals surface area contributed by atoms with E-state index in [1.54, 1.807) is 0 Å². The van der Waals surface area contributed by atoms with Crippen molar-refractivity contribution < 1.29 is 27.4 Å². The minimum absolute atomic E-state index is 0.288. The number of aliphatic hydroxyl groups is 1. The molecule has 0 saturated carbocycles. The molecule has 3 atom stereocenters. The van der Waals surface area contributed by atoms with Gasteiger partial charge >= 0.3 is 11.6 Å². The first-order chi connectivity index (χ1) is 9.82. The number of rotatable bonds is 2. The highest BCUT2D eigenvalue weighted by Gasteiger charge is 2.60. The van der Waals surface area contributed by atoms with Gasteiger partial charge in [0.15, 0.2) is 6.23 Å². The van der Waals surface area contributed by atoms with Crippen LogP contribution in [0.15, 0.2) is 11.0 Å². The van der Waals surface area contributed by atoms with Crippen LogP contribution in [0, 0.1) is 12.1 Å². The summed E-state index contributed by atoms with van der Waals surface area (Å²) in [7, 11) is 0. The summed E-state index contributed by atoms with van der Waals surface area (Å²) in [5.74, 6) is -2.58. The number of nitrogens with zero attached hydrogens (tertiary/aromatic N) is 2. The van der Waals surface area contributed by atoms with Crippen LogP contribution < -0.4 is 11.4 Å². The molecule has 0 spiro atoms. The molecule has 1 fully saturated rings. The third kappa shape index (κ3) is 2.45. The molecule has 0 amide bonds. The van der Waals surface area contributed by atoms with Crippen LogP contribution in [0.1, 0.15) is 11.8 Å². The van der Waals surface area contributed by atoms with Gasteiger partial charge in [-0.1, -0.05) is 0 Å². The van der Waals surface area contributed by atoms with E-state index in [0.29, 0.717) is 4.57 Å². The fourth-order valence-electron chi connectivity index (χ4n) is 1.88. The van der Waals surface area contributed by atoms with Gasteiger partial charge in [0.05, 0.1) is 12.2 Å². The van der Waals surface area contributed by atoms with Gasteiger partial charge in [-0.25, -0.2) is 18.0 Å². The lowest BCUT2D eigenvalue weighted by atomic mass is 10.1. The molecule has 10 heteroatoms.